The van der Waals surface area contributed by atoms with Crippen LogP contribution in [0.5, 0.6) is 11.5 Å². The first-order valence-electron chi connectivity index (χ1n) is 11.4. The van der Waals surface area contributed by atoms with Crippen molar-refractivity contribution in [3.05, 3.63) is 80.1 Å². The van der Waals surface area contributed by atoms with Crippen LogP contribution in [-0.4, -0.2) is 41.1 Å². The Hall–Kier alpha value is -3.81. The number of methoxy groups -OCH3 is 2. The van der Waals surface area contributed by atoms with Crippen LogP contribution >= 0.6 is 0 Å². The summed E-state index contributed by atoms with van der Waals surface area (Å²) in [6, 6.07) is 10.3. The summed E-state index contributed by atoms with van der Waals surface area (Å²) in [5, 5.41) is 0. The molecule has 8 heteroatoms. The minimum atomic E-state index is -0.249. The smallest absolute Gasteiger partial charge is 0.258 e. The lowest BCUT2D eigenvalue weighted by molar-refractivity contribution is 0.0731. The van der Waals surface area contributed by atoms with Crippen molar-refractivity contribution < 1.29 is 14.3 Å². The third kappa shape index (κ3) is 4.00. The van der Waals surface area contributed by atoms with Gasteiger partial charge in [-0.2, -0.15) is 0 Å². The van der Waals surface area contributed by atoms with Crippen molar-refractivity contribution in [3.8, 4) is 22.6 Å². The van der Waals surface area contributed by atoms with E-state index in [4.69, 9.17) is 9.47 Å². The summed E-state index contributed by atoms with van der Waals surface area (Å²) in [5.74, 6) is 1.44. The fourth-order valence-corrected chi connectivity index (χ4v) is 4.66. The molecule has 0 saturated heterocycles. The van der Waals surface area contributed by atoms with E-state index in [0.29, 0.717) is 60.2 Å². The second-order valence-corrected chi connectivity index (χ2v) is 8.85. The molecule has 3 aromatic rings. The van der Waals surface area contributed by atoms with E-state index >= 15 is 0 Å². The molecule has 0 bridgehead atoms. The highest BCUT2D eigenvalue weighted by atomic mass is 16.5. The summed E-state index contributed by atoms with van der Waals surface area (Å²) in [4.78, 5) is 42.5. The number of carbonyl (C=O) groups is 1. The van der Waals surface area contributed by atoms with E-state index in [1.807, 2.05) is 22.8 Å². The molecule has 0 unspecified atom stereocenters. The number of para-hydroxylation sites is 1. The number of hydrogen-bond acceptors (Lipinski definition) is 5. The minimum absolute atomic E-state index is 0.0439. The summed E-state index contributed by atoms with van der Waals surface area (Å²) in [7, 11) is 3.13. The van der Waals surface area contributed by atoms with Crippen LogP contribution in [0.15, 0.2) is 52.2 Å². The highest BCUT2D eigenvalue weighted by Gasteiger charge is 2.30. The van der Waals surface area contributed by atoms with Crippen molar-refractivity contribution in [3.63, 3.8) is 0 Å². The summed E-state index contributed by atoms with van der Waals surface area (Å²) >= 11 is 0. The number of rotatable bonds is 6. The standard InChI is InChI=1S/C26H27N3O5/c1-33-22-5-3-4-19(24(22)34-2)20-12-18-15-28(25(31)17-8-9-23(30)27-13-17)11-10-21(18)29(26(20)32)14-16-6-7-16/h3-5,8-9,12-13,16H,6-7,10-11,14-15H2,1-2H3,(H,27,30). The highest BCUT2D eigenvalue weighted by molar-refractivity contribution is 5.94. The van der Waals surface area contributed by atoms with Crippen molar-refractivity contribution in [2.45, 2.75) is 32.4 Å². The van der Waals surface area contributed by atoms with Crippen molar-refractivity contribution in [2.75, 3.05) is 20.8 Å². The first kappa shape index (κ1) is 22.0. The average molecular weight is 462 g/mol. The number of nitrogens with one attached hydrogen (secondary N) is 1. The Morgan fingerprint density at radius 3 is 2.59 bits per heavy atom. The van der Waals surface area contributed by atoms with Gasteiger partial charge in [0.15, 0.2) is 11.5 Å². The van der Waals surface area contributed by atoms with Crippen LogP contribution in [0.1, 0.15) is 34.5 Å². The summed E-state index contributed by atoms with van der Waals surface area (Å²) in [6.07, 6.45) is 4.30. The molecule has 2 aromatic heterocycles. The van der Waals surface area contributed by atoms with E-state index in [0.717, 1.165) is 24.1 Å². The molecule has 1 aliphatic carbocycles. The third-order valence-corrected chi connectivity index (χ3v) is 6.62. The van der Waals surface area contributed by atoms with Gasteiger partial charge in [-0.25, -0.2) is 0 Å². The van der Waals surface area contributed by atoms with Gasteiger partial charge >= 0.3 is 0 Å². The number of aromatic amines is 1. The van der Waals surface area contributed by atoms with Crippen LogP contribution in [0.3, 0.4) is 0 Å². The quantitative estimate of drug-likeness (QED) is 0.609. The number of aromatic nitrogens is 2. The van der Waals surface area contributed by atoms with Crippen molar-refractivity contribution >= 4 is 5.91 Å². The largest absolute Gasteiger partial charge is 0.493 e. The molecule has 8 nitrogen and oxygen atoms in total. The number of amides is 1. The molecule has 1 aromatic carbocycles. The Balaban J connectivity index is 1.59. The third-order valence-electron chi connectivity index (χ3n) is 6.62. The van der Waals surface area contributed by atoms with Crippen molar-refractivity contribution in [2.24, 2.45) is 5.92 Å². The molecule has 5 rings (SSSR count). The van der Waals surface area contributed by atoms with Crippen LogP contribution in [0, 0.1) is 5.92 Å². The topological polar surface area (TPSA) is 93.6 Å². The first-order chi connectivity index (χ1) is 16.5. The zero-order valence-electron chi connectivity index (χ0n) is 19.3. The monoisotopic (exact) mass is 461 g/mol. The van der Waals surface area contributed by atoms with E-state index in [2.05, 4.69) is 4.98 Å². The molecule has 1 N–H and O–H groups in total. The maximum Gasteiger partial charge on any atom is 0.258 e. The fraction of sp³-hybridized carbons (Fsp3) is 0.346. The van der Waals surface area contributed by atoms with E-state index in [1.165, 1.54) is 18.3 Å². The van der Waals surface area contributed by atoms with Gasteiger partial charge in [0, 0.05) is 49.6 Å². The molecular formula is C26H27N3O5. The second-order valence-electron chi connectivity index (χ2n) is 8.85. The molecule has 0 spiro atoms. The van der Waals surface area contributed by atoms with Crippen molar-refractivity contribution in [1.82, 2.24) is 14.5 Å². The van der Waals surface area contributed by atoms with E-state index < -0.39 is 0 Å². The van der Waals surface area contributed by atoms with Gasteiger partial charge in [-0.15, -0.1) is 0 Å². The lowest BCUT2D eigenvalue weighted by Gasteiger charge is -2.31. The Bertz CT molecular complexity index is 1350. The van der Waals surface area contributed by atoms with Gasteiger partial charge in [-0.1, -0.05) is 12.1 Å². The maximum atomic E-state index is 13.7. The lowest BCUT2D eigenvalue weighted by atomic mass is 9.97. The van der Waals surface area contributed by atoms with Gasteiger partial charge in [-0.05, 0) is 42.5 Å². The van der Waals surface area contributed by atoms with Gasteiger partial charge in [0.1, 0.15) is 0 Å². The molecule has 176 valence electrons. The summed E-state index contributed by atoms with van der Waals surface area (Å²) in [5.41, 5.74) is 3.29. The molecule has 0 atom stereocenters. The number of hydrogen-bond donors (Lipinski definition) is 1. The van der Waals surface area contributed by atoms with E-state index in [9.17, 15) is 14.4 Å². The summed E-state index contributed by atoms with van der Waals surface area (Å²) < 4.78 is 13.0. The predicted octanol–water partition coefficient (Wildman–Crippen LogP) is 2.83. The zero-order valence-corrected chi connectivity index (χ0v) is 19.3. The number of H-pyrrole nitrogens is 1. The molecule has 1 aliphatic heterocycles. The maximum absolute atomic E-state index is 13.7. The summed E-state index contributed by atoms with van der Waals surface area (Å²) in [6.45, 7) is 1.59. The zero-order chi connectivity index (χ0) is 23.8. The Morgan fingerprint density at radius 1 is 1.09 bits per heavy atom. The molecule has 3 heterocycles. The van der Waals surface area contributed by atoms with Crippen LogP contribution in [0.2, 0.25) is 0 Å². The number of nitrogens with zero attached hydrogens (tertiary/aromatic N) is 2. The first-order valence-corrected chi connectivity index (χ1v) is 11.4. The van der Waals surface area contributed by atoms with Gasteiger partial charge in [0.25, 0.3) is 11.5 Å². The average Bonchev–Trinajstić information content (AvgIpc) is 3.69. The number of pyridine rings is 2. The van der Waals surface area contributed by atoms with Crippen molar-refractivity contribution in [1.29, 1.82) is 0 Å². The van der Waals surface area contributed by atoms with Crippen LogP contribution < -0.4 is 20.6 Å². The van der Waals surface area contributed by atoms with Crippen LogP contribution in [0.25, 0.3) is 11.1 Å². The van der Waals surface area contributed by atoms with Gasteiger partial charge < -0.3 is 23.9 Å². The van der Waals surface area contributed by atoms with Gasteiger partial charge in [0.05, 0.1) is 25.3 Å². The number of benzene rings is 1. The fourth-order valence-electron chi connectivity index (χ4n) is 4.66. The SMILES string of the molecule is COc1cccc(-c2cc3c(n(CC4CC4)c2=O)CCN(C(=O)c2ccc(=O)[nH]c2)C3)c1OC. The van der Waals surface area contributed by atoms with E-state index in [-0.39, 0.29) is 17.0 Å². The normalized spacial score (nSPS) is 15.1. The molecular weight excluding hydrogens is 434 g/mol. The van der Waals surface area contributed by atoms with Crippen LogP contribution in [-0.2, 0) is 19.5 Å². The number of carbonyl (C=O) groups excluding carboxylic acids is 1. The Labute approximate surface area is 196 Å². The molecule has 34 heavy (non-hydrogen) atoms. The highest BCUT2D eigenvalue weighted by Crippen LogP contribution is 2.38. The molecule has 1 amide bonds. The van der Waals surface area contributed by atoms with Gasteiger partial charge in [0.2, 0.25) is 5.56 Å². The molecule has 2 aliphatic rings. The van der Waals surface area contributed by atoms with E-state index in [1.54, 1.807) is 25.2 Å². The number of ether oxygens (including phenoxy) is 2. The Kier molecular flexibility index (Phi) is 5.73. The lowest BCUT2D eigenvalue weighted by Crippen LogP contribution is -2.40. The molecule has 1 saturated carbocycles. The second kappa shape index (κ2) is 8.85. The molecule has 0 radical (unpaired) electrons. The number of fused-ring (bicyclic) bond motifs is 1. The van der Waals surface area contributed by atoms with Crippen LogP contribution in [0.4, 0.5) is 0 Å². The minimum Gasteiger partial charge on any atom is -0.493 e. The Morgan fingerprint density at radius 2 is 1.91 bits per heavy atom. The van der Waals surface area contributed by atoms with Gasteiger partial charge in [-0.3, -0.25) is 14.4 Å². The predicted molar refractivity (Wildman–Crippen MR) is 127 cm³/mol. The molecule has 1 fully saturated rings.